The smallest absolute Gasteiger partial charge is 0.327 e. The topological polar surface area (TPSA) is 184 Å². The van der Waals surface area contributed by atoms with Crippen molar-refractivity contribution in [3.05, 3.63) is 0 Å². The number of ether oxygens (including phenoxy) is 1. The quantitative estimate of drug-likeness (QED) is 0.0537. The van der Waals surface area contributed by atoms with Crippen molar-refractivity contribution in [2.45, 2.75) is 121 Å². The Hall–Kier alpha value is -2.21. The molecule has 0 spiro atoms. The molecule has 1 amide bonds. The average Bonchev–Trinajstić information content (AvgIpc) is 2.83. The van der Waals surface area contributed by atoms with Gasteiger partial charge in [0.25, 0.3) is 10.1 Å². The second-order valence-corrected chi connectivity index (χ2v) is 11.3. The normalized spacial score (nSPS) is 12.3. The molecule has 1 atom stereocenters. The van der Waals surface area contributed by atoms with E-state index in [1.807, 2.05) is 0 Å². The van der Waals surface area contributed by atoms with Crippen molar-refractivity contribution in [2.24, 2.45) is 5.92 Å². The molecule has 0 aromatic rings. The molecule has 1 unspecified atom stereocenters. The fraction of sp³-hybridized carbons (Fsp3) is 0.846. The summed E-state index contributed by atoms with van der Waals surface area (Å²) >= 11 is 0. The summed E-state index contributed by atoms with van der Waals surface area (Å²) in [5, 5.41) is 17.7. The Morgan fingerprint density at radius 2 is 1.11 bits per heavy atom. The highest BCUT2D eigenvalue weighted by atomic mass is 32.2. The molecule has 0 aliphatic rings. The van der Waals surface area contributed by atoms with Crippen LogP contribution >= 0.6 is 0 Å². The molecule has 0 saturated carbocycles. The number of carboxylic acids is 2. The minimum absolute atomic E-state index is 0.268. The maximum Gasteiger partial charge on any atom is 0.327 e. The van der Waals surface area contributed by atoms with Gasteiger partial charge in [-0.2, -0.15) is 8.42 Å². The molecule has 0 radical (unpaired) electrons. The van der Waals surface area contributed by atoms with Crippen LogP contribution in [-0.4, -0.2) is 65.4 Å². The third kappa shape index (κ3) is 18.9. The van der Waals surface area contributed by atoms with Crippen LogP contribution in [0.1, 0.15) is 116 Å². The molecule has 0 aromatic carbocycles. The largest absolute Gasteiger partial charge is 0.481 e. The van der Waals surface area contributed by atoms with Gasteiger partial charge in [-0.05, 0) is 6.42 Å². The van der Waals surface area contributed by atoms with Crippen LogP contribution in [0.25, 0.3) is 0 Å². The Bertz CT molecular complexity index is 786. The van der Waals surface area contributed by atoms with Crippen molar-refractivity contribution in [2.75, 3.05) is 13.2 Å². The van der Waals surface area contributed by atoms with E-state index in [4.69, 9.17) is 10.2 Å². The second kappa shape index (κ2) is 21.7. The van der Waals surface area contributed by atoms with Crippen LogP contribution in [0.15, 0.2) is 0 Å². The average molecular weight is 566 g/mol. The number of carbonyl (C=O) groups excluding carboxylic acids is 2. The van der Waals surface area contributed by atoms with E-state index in [1.54, 1.807) is 0 Å². The van der Waals surface area contributed by atoms with Gasteiger partial charge < -0.3 is 20.3 Å². The monoisotopic (exact) mass is 565 g/mol. The summed E-state index contributed by atoms with van der Waals surface area (Å²) in [5.41, 5.74) is 0. The van der Waals surface area contributed by atoms with E-state index in [1.165, 1.54) is 77.0 Å². The van der Waals surface area contributed by atoms with Crippen LogP contribution in [0.3, 0.4) is 0 Å². The molecule has 0 aliphatic carbocycles. The van der Waals surface area contributed by atoms with Gasteiger partial charge in [0.1, 0.15) is 6.61 Å². The van der Waals surface area contributed by atoms with Gasteiger partial charge in [-0.25, -0.2) is 0 Å². The predicted octanol–water partition coefficient (Wildman–Crippen LogP) is 4.34. The van der Waals surface area contributed by atoms with Gasteiger partial charge in [-0.1, -0.05) is 103 Å². The number of carbonyl (C=O) groups is 4. The molecule has 0 aliphatic heterocycles. The van der Waals surface area contributed by atoms with Gasteiger partial charge in [0.2, 0.25) is 5.91 Å². The molecule has 0 rings (SSSR count). The highest BCUT2D eigenvalue weighted by molar-refractivity contribution is 7.87. The molecule has 11 nitrogen and oxygen atoms in total. The van der Waals surface area contributed by atoms with Crippen LogP contribution in [0, 0.1) is 5.92 Å². The summed E-state index contributed by atoms with van der Waals surface area (Å²) in [6.07, 6.45) is 18.4. The Balaban J connectivity index is 3.95. The van der Waals surface area contributed by atoms with E-state index in [0.717, 1.165) is 19.3 Å². The van der Waals surface area contributed by atoms with Crippen LogP contribution < -0.4 is 5.32 Å². The van der Waals surface area contributed by atoms with Gasteiger partial charge in [0, 0.05) is 6.54 Å². The molecule has 0 fully saturated rings. The summed E-state index contributed by atoms with van der Waals surface area (Å²) in [5.74, 6) is -8.09. The van der Waals surface area contributed by atoms with Gasteiger partial charge in [0.15, 0.2) is 11.2 Å². The van der Waals surface area contributed by atoms with Gasteiger partial charge >= 0.3 is 17.9 Å². The van der Waals surface area contributed by atoms with Crippen LogP contribution in [0.2, 0.25) is 0 Å². The lowest BCUT2D eigenvalue weighted by Crippen LogP contribution is -2.39. The fourth-order valence-electron chi connectivity index (χ4n) is 3.96. The summed E-state index contributed by atoms with van der Waals surface area (Å²) in [6.45, 7) is 1.36. The lowest BCUT2D eigenvalue weighted by molar-refractivity contribution is -0.160. The second-order valence-electron chi connectivity index (χ2n) is 9.72. The highest BCUT2D eigenvalue weighted by Crippen LogP contribution is 2.14. The maximum absolute atomic E-state index is 12.0. The standard InChI is InChI=1S/C26H47NO10S/c1-2-3-4-5-6-7-8-9-10-11-12-13-14-15-16-17-18-27-23(28)19-22(38(34,35)36)26(33)37-20-21(24(29)30)25(31)32/h21-22H,2-20H2,1H3,(H,27,28)(H,29,30)(H,31,32)(H,34,35,36). The number of esters is 1. The van der Waals surface area contributed by atoms with Crippen molar-refractivity contribution >= 4 is 33.9 Å². The van der Waals surface area contributed by atoms with Crippen molar-refractivity contribution in [3.8, 4) is 0 Å². The first-order chi connectivity index (χ1) is 18.0. The lowest BCUT2D eigenvalue weighted by atomic mass is 10.0. The zero-order valence-corrected chi connectivity index (χ0v) is 23.5. The van der Waals surface area contributed by atoms with E-state index in [0.29, 0.717) is 6.42 Å². The predicted molar refractivity (Wildman–Crippen MR) is 142 cm³/mol. The summed E-state index contributed by atoms with van der Waals surface area (Å²) in [7, 11) is -5.04. The number of nitrogens with one attached hydrogen (secondary N) is 1. The third-order valence-electron chi connectivity index (χ3n) is 6.33. The van der Waals surface area contributed by atoms with Gasteiger partial charge in [0.05, 0.1) is 6.42 Å². The van der Waals surface area contributed by atoms with Gasteiger partial charge in [-0.15, -0.1) is 0 Å². The number of carboxylic acid groups (broad SMARTS) is 2. The highest BCUT2D eigenvalue weighted by Gasteiger charge is 2.36. The molecule has 0 bridgehead atoms. The first kappa shape index (κ1) is 35.8. The van der Waals surface area contributed by atoms with E-state index in [9.17, 15) is 32.1 Å². The van der Waals surface area contributed by atoms with Crippen molar-refractivity contribution in [1.29, 1.82) is 0 Å². The summed E-state index contributed by atoms with van der Waals surface area (Å²) in [4.78, 5) is 45.7. The molecule has 0 aromatic heterocycles. The maximum atomic E-state index is 12.0. The number of rotatable bonds is 25. The minimum atomic E-state index is -5.04. The third-order valence-corrected chi connectivity index (χ3v) is 7.41. The number of aliphatic carboxylic acids is 2. The molecule has 0 saturated heterocycles. The van der Waals surface area contributed by atoms with Crippen LogP contribution in [0.5, 0.6) is 0 Å². The van der Waals surface area contributed by atoms with E-state index in [2.05, 4.69) is 17.0 Å². The molecule has 0 heterocycles. The fourth-order valence-corrected chi connectivity index (χ4v) is 4.63. The van der Waals surface area contributed by atoms with E-state index < -0.39 is 58.1 Å². The first-order valence-corrected chi connectivity index (χ1v) is 15.4. The Morgan fingerprint density at radius 3 is 1.47 bits per heavy atom. The zero-order chi connectivity index (χ0) is 28.8. The minimum Gasteiger partial charge on any atom is -0.481 e. The van der Waals surface area contributed by atoms with Crippen LogP contribution in [-0.2, 0) is 34.0 Å². The molecular formula is C26H47NO10S. The Kier molecular flexibility index (Phi) is 20.4. The Morgan fingerprint density at radius 1 is 0.711 bits per heavy atom. The number of amides is 1. The lowest BCUT2D eigenvalue weighted by Gasteiger charge is -2.14. The molecule has 4 N–H and O–H groups in total. The van der Waals surface area contributed by atoms with Crippen molar-refractivity contribution in [1.82, 2.24) is 5.32 Å². The number of hydrogen-bond donors (Lipinski definition) is 4. The van der Waals surface area contributed by atoms with Gasteiger partial charge in [-0.3, -0.25) is 23.7 Å². The first-order valence-electron chi connectivity index (χ1n) is 13.9. The summed E-state index contributed by atoms with van der Waals surface area (Å²) < 4.78 is 36.7. The van der Waals surface area contributed by atoms with Crippen molar-refractivity contribution < 1.29 is 47.1 Å². The SMILES string of the molecule is CCCCCCCCCCCCCCCCCCNC(=O)CC(C(=O)OCC(C(=O)O)C(=O)O)S(=O)(=O)O. The zero-order valence-electron chi connectivity index (χ0n) is 22.7. The summed E-state index contributed by atoms with van der Waals surface area (Å²) in [6, 6.07) is 0. The Labute approximate surface area is 226 Å². The molecule has 222 valence electrons. The van der Waals surface area contributed by atoms with E-state index in [-0.39, 0.29) is 6.54 Å². The molecule has 12 heteroatoms. The molecular weight excluding hydrogens is 518 g/mol. The number of unbranched alkanes of at least 4 members (excludes halogenated alkanes) is 15. The molecule has 38 heavy (non-hydrogen) atoms. The number of hydrogen-bond acceptors (Lipinski definition) is 7. The van der Waals surface area contributed by atoms with Crippen LogP contribution in [0.4, 0.5) is 0 Å². The van der Waals surface area contributed by atoms with E-state index >= 15 is 0 Å². The van der Waals surface area contributed by atoms with Crippen molar-refractivity contribution in [3.63, 3.8) is 0 Å².